The molecule has 1 aromatic carbocycles. The zero-order chi connectivity index (χ0) is 18.4. The molecule has 1 aliphatic heterocycles. The van der Waals surface area contributed by atoms with Crippen molar-refractivity contribution < 1.29 is 4.74 Å². The highest BCUT2D eigenvalue weighted by Crippen LogP contribution is 2.44. The quantitative estimate of drug-likeness (QED) is 0.853. The lowest BCUT2D eigenvalue weighted by Gasteiger charge is -2.11. The summed E-state index contributed by atoms with van der Waals surface area (Å²) in [5, 5.41) is 19.0. The van der Waals surface area contributed by atoms with E-state index in [0.717, 1.165) is 27.8 Å². The molecule has 2 heterocycles. The van der Waals surface area contributed by atoms with Crippen LogP contribution >= 0.6 is 0 Å². The third-order valence-corrected chi connectivity index (χ3v) is 5.04. The lowest BCUT2D eigenvalue weighted by atomic mass is 9.95. The standard InChI is InChI=1S/C21H16N4O/c1-11-16(6-13-3-4-14-9-26-10-15(14)5-13)19-12(2)18(8-23)21(24)25-20(19)17(11)7-22/h3-6H,9-10H2,1-2H3,(H2,24,25)/b16-6-. The number of allylic oxidation sites excluding steroid dienone is 3. The van der Waals surface area contributed by atoms with Crippen molar-refractivity contribution in [2.45, 2.75) is 27.1 Å². The maximum atomic E-state index is 9.60. The minimum Gasteiger partial charge on any atom is -0.383 e. The first-order valence-electron chi connectivity index (χ1n) is 8.28. The molecule has 5 nitrogen and oxygen atoms in total. The van der Waals surface area contributed by atoms with Gasteiger partial charge in [0, 0.05) is 5.56 Å². The van der Waals surface area contributed by atoms with E-state index in [-0.39, 0.29) is 5.82 Å². The maximum Gasteiger partial charge on any atom is 0.142 e. The molecule has 1 aliphatic carbocycles. The van der Waals surface area contributed by atoms with Crippen LogP contribution in [0.1, 0.15) is 46.0 Å². The van der Waals surface area contributed by atoms with Gasteiger partial charge < -0.3 is 10.5 Å². The number of fused-ring (bicyclic) bond motifs is 2. The van der Waals surface area contributed by atoms with Gasteiger partial charge in [0.05, 0.1) is 30.0 Å². The highest BCUT2D eigenvalue weighted by Gasteiger charge is 2.29. The summed E-state index contributed by atoms with van der Waals surface area (Å²) in [7, 11) is 0. The smallest absolute Gasteiger partial charge is 0.142 e. The molecule has 2 aromatic rings. The van der Waals surface area contributed by atoms with Crippen LogP contribution in [0.3, 0.4) is 0 Å². The third-order valence-electron chi connectivity index (χ3n) is 5.04. The van der Waals surface area contributed by atoms with Crippen molar-refractivity contribution in [1.29, 1.82) is 10.5 Å². The minimum atomic E-state index is 0.167. The number of anilines is 1. The summed E-state index contributed by atoms with van der Waals surface area (Å²) in [5.41, 5.74) is 14.1. The molecule has 2 N–H and O–H groups in total. The molecule has 26 heavy (non-hydrogen) atoms. The minimum absolute atomic E-state index is 0.167. The number of ether oxygens (including phenoxy) is 1. The Morgan fingerprint density at radius 1 is 1.15 bits per heavy atom. The summed E-state index contributed by atoms with van der Waals surface area (Å²) in [4.78, 5) is 4.35. The normalized spacial score (nSPS) is 16.4. The van der Waals surface area contributed by atoms with Gasteiger partial charge in [-0.1, -0.05) is 12.1 Å². The first-order chi connectivity index (χ1) is 12.5. The van der Waals surface area contributed by atoms with Crippen molar-refractivity contribution >= 4 is 23.0 Å². The summed E-state index contributed by atoms with van der Waals surface area (Å²) in [5.74, 6) is 0.167. The van der Waals surface area contributed by atoms with Crippen molar-refractivity contribution in [3.63, 3.8) is 0 Å². The van der Waals surface area contributed by atoms with Crippen molar-refractivity contribution in [2.75, 3.05) is 5.73 Å². The molecular weight excluding hydrogens is 324 g/mol. The molecule has 0 unspecified atom stereocenters. The van der Waals surface area contributed by atoms with Crippen LogP contribution in [0.25, 0.3) is 17.2 Å². The first-order valence-corrected chi connectivity index (χ1v) is 8.28. The van der Waals surface area contributed by atoms with Crippen molar-refractivity contribution in [3.8, 4) is 12.1 Å². The molecule has 0 atom stereocenters. The topological polar surface area (TPSA) is 95.7 Å². The second-order valence-corrected chi connectivity index (χ2v) is 6.52. The number of nitrogens with zero attached hydrogens (tertiary/aromatic N) is 3. The Labute approximate surface area is 151 Å². The molecule has 0 fully saturated rings. The van der Waals surface area contributed by atoms with E-state index in [1.54, 1.807) is 0 Å². The Morgan fingerprint density at radius 2 is 1.92 bits per heavy atom. The number of benzene rings is 1. The van der Waals surface area contributed by atoms with Gasteiger partial charge in [-0.15, -0.1) is 0 Å². The predicted molar refractivity (Wildman–Crippen MR) is 99.1 cm³/mol. The lowest BCUT2D eigenvalue weighted by Crippen LogP contribution is -2.03. The summed E-state index contributed by atoms with van der Waals surface area (Å²) < 4.78 is 5.48. The number of pyridine rings is 1. The Bertz CT molecular complexity index is 1110. The van der Waals surface area contributed by atoms with Crippen LogP contribution in [0.4, 0.5) is 5.82 Å². The molecule has 0 bridgehead atoms. The first kappa shape index (κ1) is 16.1. The highest BCUT2D eigenvalue weighted by atomic mass is 16.5. The van der Waals surface area contributed by atoms with Gasteiger partial charge in [0.1, 0.15) is 18.0 Å². The van der Waals surface area contributed by atoms with Crippen molar-refractivity contribution in [3.05, 3.63) is 62.8 Å². The van der Waals surface area contributed by atoms with E-state index in [9.17, 15) is 10.5 Å². The van der Waals surface area contributed by atoms with Crippen LogP contribution < -0.4 is 5.73 Å². The van der Waals surface area contributed by atoms with Crippen LogP contribution in [0.5, 0.6) is 0 Å². The fraction of sp³-hybridized carbons (Fsp3) is 0.190. The predicted octanol–water partition coefficient (Wildman–Crippen LogP) is 3.73. The summed E-state index contributed by atoms with van der Waals surface area (Å²) in [6.45, 7) is 5.04. The van der Waals surface area contributed by atoms with E-state index in [4.69, 9.17) is 10.5 Å². The van der Waals surface area contributed by atoms with Gasteiger partial charge in [-0.3, -0.25) is 0 Å². The summed E-state index contributed by atoms with van der Waals surface area (Å²) >= 11 is 0. The molecule has 0 saturated carbocycles. The SMILES string of the molecule is CC1=C(C#N)c2nc(N)c(C#N)c(C)c2/C1=C\c1ccc2c(c1)COC2. The van der Waals surface area contributed by atoms with Gasteiger partial charge in [0.15, 0.2) is 0 Å². The van der Waals surface area contributed by atoms with Gasteiger partial charge in [0.2, 0.25) is 0 Å². The van der Waals surface area contributed by atoms with E-state index >= 15 is 0 Å². The second kappa shape index (κ2) is 5.84. The average Bonchev–Trinajstić information content (AvgIpc) is 3.18. The highest BCUT2D eigenvalue weighted by molar-refractivity contribution is 6.08. The van der Waals surface area contributed by atoms with Crippen LogP contribution in [0.15, 0.2) is 23.8 Å². The van der Waals surface area contributed by atoms with Crippen LogP contribution in [-0.2, 0) is 18.0 Å². The number of nitrogens with two attached hydrogens (primary N) is 1. The number of nitrogen functional groups attached to an aromatic ring is 1. The molecule has 0 amide bonds. The molecule has 0 spiro atoms. The third kappa shape index (κ3) is 2.23. The van der Waals surface area contributed by atoms with Crippen molar-refractivity contribution in [1.82, 2.24) is 4.98 Å². The molecule has 4 rings (SSSR count). The van der Waals surface area contributed by atoms with Gasteiger partial charge in [-0.05, 0) is 59.4 Å². The Hall–Kier alpha value is -3.41. The molecule has 2 aliphatic rings. The Morgan fingerprint density at radius 3 is 2.65 bits per heavy atom. The number of nitriles is 2. The molecule has 1 aromatic heterocycles. The zero-order valence-corrected chi connectivity index (χ0v) is 14.6. The monoisotopic (exact) mass is 340 g/mol. The fourth-order valence-corrected chi connectivity index (χ4v) is 3.64. The van der Waals surface area contributed by atoms with Gasteiger partial charge >= 0.3 is 0 Å². The van der Waals surface area contributed by atoms with Gasteiger partial charge in [0.25, 0.3) is 0 Å². The van der Waals surface area contributed by atoms with Crippen LogP contribution in [0, 0.1) is 29.6 Å². The average molecular weight is 340 g/mol. The summed E-state index contributed by atoms with van der Waals surface area (Å²) in [6.07, 6.45) is 2.04. The Kier molecular flexibility index (Phi) is 3.61. The second-order valence-electron chi connectivity index (χ2n) is 6.52. The molecule has 0 saturated heterocycles. The number of hydrogen-bond acceptors (Lipinski definition) is 5. The lowest BCUT2D eigenvalue weighted by molar-refractivity contribution is 0.134. The van der Waals surface area contributed by atoms with Crippen molar-refractivity contribution in [2.24, 2.45) is 0 Å². The number of aromatic nitrogens is 1. The molecule has 5 heteroatoms. The van der Waals surface area contributed by atoms with Crippen LogP contribution in [-0.4, -0.2) is 4.98 Å². The van der Waals surface area contributed by atoms with E-state index in [2.05, 4.69) is 29.3 Å². The largest absolute Gasteiger partial charge is 0.383 e. The number of hydrogen-bond donors (Lipinski definition) is 1. The molecule has 0 radical (unpaired) electrons. The Balaban J connectivity index is 1.95. The number of rotatable bonds is 1. The zero-order valence-electron chi connectivity index (χ0n) is 14.6. The maximum absolute atomic E-state index is 9.60. The van der Waals surface area contributed by atoms with Crippen LogP contribution in [0.2, 0.25) is 0 Å². The molecular formula is C21H16N4O. The van der Waals surface area contributed by atoms with E-state index in [0.29, 0.717) is 30.0 Å². The molecule has 126 valence electrons. The fourth-order valence-electron chi connectivity index (χ4n) is 3.64. The van der Waals surface area contributed by atoms with E-state index in [1.165, 1.54) is 11.1 Å². The van der Waals surface area contributed by atoms with E-state index in [1.807, 2.05) is 26.0 Å². The summed E-state index contributed by atoms with van der Waals surface area (Å²) in [6, 6.07) is 10.6. The van der Waals surface area contributed by atoms with Gasteiger partial charge in [-0.2, -0.15) is 10.5 Å². The van der Waals surface area contributed by atoms with Gasteiger partial charge in [-0.25, -0.2) is 4.98 Å². The van der Waals surface area contributed by atoms with E-state index < -0.39 is 0 Å².